The Balaban J connectivity index is 1.81. The molecule has 0 aromatic heterocycles. The summed E-state index contributed by atoms with van der Waals surface area (Å²) in [7, 11) is 1.40. The van der Waals surface area contributed by atoms with Crippen LogP contribution in [0.5, 0.6) is 0 Å². The van der Waals surface area contributed by atoms with Crippen LogP contribution < -0.4 is 5.73 Å². The molecule has 6 nitrogen and oxygen atoms in total. The van der Waals surface area contributed by atoms with Crippen LogP contribution in [0.25, 0.3) is 0 Å². The summed E-state index contributed by atoms with van der Waals surface area (Å²) in [5.74, 6) is 0.592. The van der Waals surface area contributed by atoms with Crippen molar-refractivity contribution in [1.82, 2.24) is 5.06 Å². The highest BCUT2D eigenvalue weighted by Gasteiger charge is 2.39. The Bertz CT molecular complexity index is 307. The number of nitrogens with two attached hydrogens (primary N) is 1. The van der Waals surface area contributed by atoms with Crippen LogP contribution >= 0.6 is 0 Å². The van der Waals surface area contributed by atoms with E-state index in [9.17, 15) is 9.90 Å². The molecule has 2 rings (SSSR count). The molecule has 2 aliphatic rings. The van der Waals surface area contributed by atoms with Crippen LogP contribution in [0.2, 0.25) is 0 Å². The number of hydrogen-bond donors (Lipinski definition) is 2. The van der Waals surface area contributed by atoms with E-state index in [2.05, 4.69) is 0 Å². The average molecular weight is 272 g/mol. The molecule has 3 N–H and O–H groups in total. The fraction of sp³-hybridized carbons (Fsp3) is 0.923. The molecule has 110 valence electrons. The molecule has 1 saturated carbocycles. The molecule has 0 unspecified atom stereocenters. The van der Waals surface area contributed by atoms with Crippen LogP contribution in [0.1, 0.15) is 38.5 Å². The van der Waals surface area contributed by atoms with Gasteiger partial charge in [-0.15, -0.1) is 0 Å². The molecule has 0 radical (unpaired) electrons. The molecular formula is C13H24N2O4. The Labute approximate surface area is 113 Å². The van der Waals surface area contributed by atoms with Crippen molar-refractivity contribution < 1.29 is 19.5 Å². The van der Waals surface area contributed by atoms with Gasteiger partial charge in [0.1, 0.15) is 6.10 Å². The molecule has 0 aromatic rings. The number of aliphatic hydroxyl groups excluding tert-OH is 1. The first-order valence-corrected chi connectivity index (χ1v) is 7.07. The summed E-state index contributed by atoms with van der Waals surface area (Å²) in [4.78, 5) is 16.2. The van der Waals surface area contributed by atoms with E-state index >= 15 is 0 Å². The van der Waals surface area contributed by atoms with Gasteiger partial charge in [-0.3, -0.25) is 4.84 Å². The Hall–Kier alpha value is -0.850. The maximum atomic E-state index is 11.4. The second kappa shape index (κ2) is 6.54. The summed E-state index contributed by atoms with van der Waals surface area (Å²) in [5, 5.41) is 11.3. The van der Waals surface area contributed by atoms with Crippen molar-refractivity contribution in [2.45, 2.75) is 56.8 Å². The second-order valence-corrected chi connectivity index (χ2v) is 5.56. The lowest BCUT2D eigenvalue weighted by atomic mass is 9.83. The fourth-order valence-electron chi connectivity index (χ4n) is 3.01. The SMILES string of the molecule is CON1C[C@@H]([C@H](O)[C@@H](N)CC2CCCCC2)OC1=O. The van der Waals surface area contributed by atoms with Crippen LogP contribution in [0, 0.1) is 5.92 Å². The zero-order valence-corrected chi connectivity index (χ0v) is 11.5. The number of hydrogen-bond acceptors (Lipinski definition) is 5. The molecule has 19 heavy (non-hydrogen) atoms. The van der Waals surface area contributed by atoms with Gasteiger partial charge in [0.05, 0.1) is 13.7 Å². The van der Waals surface area contributed by atoms with Gasteiger partial charge in [0.15, 0.2) is 6.10 Å². The Morgan fingerprint density at radius 1 is 1.47 bits per heavy atom. The van der Waals surface area contributed by atoms with Crippen LogP contribution in [-0.2, 0) is 9.57 Å². The maximum Gasteiger partial charge on any atom is 0.434 e. The van der Waals surface area contributed by atoms with Gasteiger partial charge in [0.2, 0.25) is 0 Å². The third-order valence-corrected chi connectivity index (χ3v) is 4.17. The molecule has 2 fully saturated rings. The topological polar surface area (TPSA) is 85.0 Å². The lowest BCUT2D eigenvalue weighted by Crippen LogP contribution is -2.45. The zero-order chi connectivity index (χ0) is 13.8. The lowest BCUT2D eigenvalue weighted by molar-refractivity contribution is -0.0777. The van der Waals surface area contributed by atoms with Crippen molar-refractivity contribution in [3.63, 3.8) is 0 Å². The van der Waals surface area contributed by atoms with Gasteiger partial charge in [-0.25, -0.2) is 4.79 Å². The fourth-order valence-corrected chi connectivity index (χ4v) is 3.01. The van der Waals surface area contributed by atoms with Crippen molar-refractivity contribution in [2.24, 2.45) is 11.7 Å². The molecule has 0 aromatic carbocycles. The summed E-state index contributed by atoms with van der Waals surface area (Å²) in [6.45, 7) is 0.231. The minimum atomic E-state index is -0.828. The van der Waals surface area contributed by atoms with Crippen LogP contribution in [0.3, 0.4) is 0 Å². The van der Waals surface area contributed by atoms with E-state index in [4.69, 9.17) is 15.3 Å². The predicted octanol–water partition coefficient (Wildman–Crippen LogP) is 1.03. The molecular weight excluding hydrogens is 248 g/mol. The van der Waals surface area contributed by atoms with Crippen LogP contribution in [0.4, 0.5) is 4.79 Å². The highest BCUT2D eigenvalue weighted by molar-refractivity contribution is 5.68. The third kappa shape index (κ3) is 3.58. The number of aliphatic hydroxyl groups is 1. The molecule has 1 aliphatic heterocycles. The first-order valence-electron chi connectivity index (χ1n) is 7.07. The number of nitrogens with zero attached hydrogens (tertiary/aromatic N) is 1. The summed E-state index contributed by atoms with van der Waals surface area (Å²) in [6, 6.07) is -0.349. The zero-order valence-electron chi connectivity index (χ0n) is 11.5. The smallest absolute Gasteiger partial charge is 0.434 e. The largest absolute Gasteiger partial charge is 0.440 e. The quantitative estimate of drug-likeness (QED) is 0.780. The second-order valence-electron chi connectivity index (χ2n) is 5.56. The van der Waals surface area contributed by atoms with E-state index in [0.717, 1.165) is 11.5 Å². The van der Waals surface area contributed by atoms with Gasteiger partial charge in [-0.2, -0.15) is 5.06 Å². The van der Waals surface area contributed by atoms with Crippen molar-refractivity contribution in [1.29, 1.82) is 0 Å². The number of carbonyl (C=O) groups is 1. The minimum absolute atomic E-state index is 0.231. The predicted molar refractivity (Wildman–Crippen MR) is 69.2 cm³/mol. The summed E-state index contributed by atoms with van der Waals surface area (Å²) < 4.78 is 5.07. The Morgan fingerprint density at radius 3 is 2.74 bits per heavy atom. The van der Waals surface area contributed by atoms with E-state index in [-0.39, 0.29) is 12.6 Å². The van der Waals surface area contributed by atoms with Crippen molar-refractivity contribution in [3.8, 4) is 0 Å². The molecule has 1 saturated heterocycles. The van der Waals surface area contributed by atoms with Gasteiger partial charge in [-0.1, -0.05) is 32.1 Å². The van der Waals surface area contributed by atoms with E-state index in [1.165, 1.54) is 39.2 Å². The van der Waals surface area contributed by atoms with Gasteiger partial charge in [-0.05, 0) is 12.3 Å². The van der Waals surface area contributed by atoms with E-state index in [0.29, 0.717) is 5.92 Å². The van der Waals surface area contributed by atoms with E-state index in [1.54, 1.807) is 0 Å². The maximum absolute atomic E-state index is 11.4. The highest BCUT2D eigenvalue weighted by Crippen LogP contribution is 2.28. The van der Waals surface area contributed by atoms with E-state index in [1.807, 2.05) is 0 Å². The molecule has 6 heteroatoms. The van der Waals surface area contributed by atoms with Crippen molar-refractivity contribution in [3.05, 3.63) is 0 Å². The third-order valence-electron chi connectivity index (χ3n) is 4.17. The summed E-state index contributed by atoms with van der Waals surface area (Å²) in [6.07, 6.45) is 5.00. The first-order chi connectivity index (χ1) is 9.11. The molecule has 3 atom stereocenters. The molecule has 1 amide bonds. The first kappa shape index (κ1) is 14.6. The van der Waals surface area contributed by atoms with E-state index < -0.39 is 18.3 Å². The number of ether oxygens (including phenoxy) is 1. The van der Waals surface area contributed by atoms with Crippen molar-refractivity contribution >= 4 is 6.09 Å². The van der Waals surface area contributed by atoms with Crippen LogP contribution in [0.15, 0.2) is 0 Å². The van der Waals surface area contributed by atoms with Gasteiger partial charge in [0.25, 0.3) is 0 Å². The molecule has 0 spiro atoms. The number of cyclic esters (lactones) is 1. The molecule has 1 heterocycles. The number of hydroxylamine groups is 2. The normalized spacial score (nSPS) is 28.3. The Kier molecular flexibility index (Phi) is 5.01. The molecule has 1 aliphatic carbocycles. The number of carbonyl (C=O) groups excluding carboxylic acids is 1. The number of rotatable bonds is 5. The van der Waals surface area contributed by atoms with Gasteiger partial charge < -0.3 is 15.6 Å². The summed E-state index contributed by atoms with van der Waals surface area (Å²) in [5.41, 5.74) is 6.06. The van der Waals surface area contributed by atoms with Gasteiger partial charge in [0, 0.05) is 6.04 Å². The average Bonchev–Trinajstić information content (AvgIpc) is 2.80. The Morgan fingerprint density at radius 2 is 2.16 bits per heavy atom. The summed E-state index contributed by atoms with van der Waals surface area (Å²) >= 11 is 0. The minimum Gasteiger partial charge on any atom is -0.440 e. The lowest BCUT2D eigenvalue weighted by Gasteiger charge is -2.28. The number of amides is 1. The molecule has 0 bridgehead atoms. The monoisotopic (exact) mass is 272 g/mol. The standard InChI is InChI=1S/C13H24N2O4/c1-18-15-8-11(19-13(15)17)12(16)10(14)7-9-5-3-2-4-6-9/h9-12,16H,2-8,14H2,1H3/t10-,11-,12+/m0/s1. The van der Waals surface area contributed by atoms with Crippen LogP contribution in [-0.4, -0.2) is 48.2 Å². The van der Waals surface area contributed by atoms with Crippen molar-refractivity contribution in [2.75, 3.05) is 13.7 Å². The van der Waals surface area contributed by atoms with Gasteiger partial charge >= 0.3 is 6.09 Å². The highest BCUT2D eigenvalue weighted by atomic mass is 16.7.